The van der Waals surface area contributed by atoms with Crippen molar-refractivity contribution < 1.29 is 14.3 Å². The monoisotopic (exact) mass is 356 g/mol. The summed E-state index contributed by atoms with van der Waals surface area (Å²) in [5.74, 6) is 2.43. The van der Waals surface area contributed by atoms with Crippen molar-refractivity contribution >= 4 is 23.5 Å². The summed E-state index contributed by atoms with van der Waals surface area (Å²) in [6.45, 7) is 3.07. The van der Waals surface area contributed by atoms with Crippen LogP contribution in [0.3, 0.4) is 0 Å². The maximum Gasteiger partial charge on any atom is 0.323 e. The predicted molar refractivity (Wildman–Crippen MR) is 99.3 cm³/mol. The van der Waals surface area contributed by atoms with Gasteiger partial charge in [-0.3, -0.25) is 0 Å². The molecule has 0 bridgehead atoms. The summed E-state index contributed by atoms with van der Waals surface area (Å²) in [4.78, 5) is 14.7. The van der Waals surface area contributed by atoms with Gasteiger partial charge in [-0.25, -0.2) is 4.79 Å². The Morgan fingerprint density at radius 1 is 1.24 bits per heavy atom. The van der Waals surface area contributed by atoms with Crippen molar-refractivity contribution in [3.8, 4) is 11.5 Å². The largest absolute Gasteiger partial charge is 0.454 e. The Morgan fingerprint density at radius 3 is 2.96 bits per heavy atom. The molecule has 0 aliphatic carbocycles. The van der Waals surface area contributed by atoms with Crippen molar-refractivity contribution in [1.82, 2.24) is 4.90 Å². The van der Waals surface area contributed by atoms with Gasteiger partial charge in [0.15, 0.2) is 11.5 Å². The number of anilines is 1. The van der Waals surface area contributed by atoms with Crippen LogP contribution in [0, 0.1) is 0 Å². The average molecular weight is 356 g/mol. The molecule has 6 heteroatoms. The van der Waals surface area contributed by atoms with E-state index in [1.165, 1.54) is 0 Å². The van der Waals surface area contributed by atoms with Gasteiger partial charge in [0.2, 0.25) is 6.79 Å². The summed E-state index contributed by atoms with van der Waals surface area (Å²) in [6, 6.07) is 13.8. The first kappa shape index (κ1) is 16.1. The van der Waals surface area contributed by atoms with Gasteiger partial charge in [-0.15, -0.1) is 11.8 Å². The molecule has 0 spiro atoms. The Labute approximate surface area is 151 Å². The molecule has 2 amide bonds. The zero-order valence-corrected chi connectivity index (χ0v) is 14.8. The summed E-state index contributed by atoms with van der Waals surface area (Å²) in [5.41, 5.74) is 3.09. The van der Waals surface area contributed by atoms with Gasteiger partial charge in [0.05, 0.1) is 0 Å². The molecule has 2 aromatic carbocycles. The molecule has 1 atom stereocenters. The molecule has 5 nitrogen and oxygen atoms in total. The average Bonchev–Trinajstić information content (AvgIpc) is 3.30. The lowest BCUT2D eigenvalue weighted by molar-refractivity contribution is 0.174. The van der Waals surface area contributed by atoms with Gasteiger partial charge in [0, 0.05) is 18.0 Å². The molecule has 1 fully saturated rings. The van der Waals surface area contributed by atoms with Crippen LogP contribution in [0.2, 0.25) is 0 Å². The molecule has 2 aliphatic heterocycles. The summed E-state index contributed by atoms with van der Waals surface area (Å²) in [7, 11) is 0. The van der Waals surface area contributed by atoms with E-state index in [4.69, 9.17) is 9.47 Å². The van der Waals surface area contributed by atoms with Crippen molar-refractivity contribution in [3.63, 3.8) is 0 Å². The fraction of sp³-hybridized carbons (Fsp3) is 0.316. The molecule has 25 heavy (non-hydrogen) atoms. The van der Waals surface area contributed by atoms with Crippen LogP contribution >= 0.6 is 11.8 Å². The van der Waals surface area contributed by atoms with Crippen LogP contribution in [0.5, 0.6) is 11.5 Å². The first-order valence-electron chi connectivity index (χ1n) is 8.43. The number of aryl methyl sites for hydroxylation is 1. The van der Waals surface area contributed by atoms with Gasteiger partial charge >= 0.3 is 6.03 Å². The topological polar surface area (TPSA) is 50.8 Å². The van der Waals surface area contributed by atoms with Crippen LogP contribution in [-0.2, 0) is 6.42 Å². The van der Waals surface area contributed by atoms with Gasteiger partial charge in [-0.2, -0.15) is 0 Å². The van der Waals surface area contributed by atoms with E-state index in [1.54, 1.807) is 11.8 Å². The van der Waals surface area contributed by atoms with Gasteiger partial charge in [-0.1, -0.05) is 31.2 Å². The maximum atomic E-state index is 12.8. The molecular formula is C19H20N2O3S. The van der Waals surface area contributed by atoms with Gasteiger partial charge < -0.3 is 19.7 Å². The van der Waals surface area contributed by atoms with Crippen LogP contribution < -0.4 is 14.8 Å². The third-order valence-corrected chi connectivity index (χ3v) is 5.73. The van der Waals surface area contributed by atoms with E-state index in [-0.39, 0.29) is 18.2 Å². The van der Waals surface area contributed by atoms with E-state index in [0.717, 1.165) is 47.0 Å². The number of benzene rings is 2. The normalized spacial score (nSPS) is 18.4. The number of fused-ring (bicyclic) bond motifs is 1. The molecule has 1 saturated heterocycles. The number of ether oxygens (including phenoxy) is 2. The number of rotatable bonds is 3. The highest BCUT2D eigenvalue weighted by atomic mass is 32.2. The minimum atomic E-state index is -0.0615. The number of nitrogens with zero attached hydrogens (tertiary/aromatic N) is 1. The van der Waals surface area contributed by atoms with Gasteiger partial charge in [0.1, 0.15) is 5.37 Å². The predicted octanol–water partition coefficient (Wildman–Crippen LogP) is 4.26. The Balaban J connectivity index is 1.54. The lowest BCUT2D eigenvalue weighted by atomic mass is 10.1. The number of hydrogen-bond donors (Lipinski definition) is 1. The van der Waals surface area contributed by atoms with Crippen LogP contribution in [0.25, 0.3) is 0 Å². The molecule has 0 saturated carbocycles. The smallest absolute Gasteiger partial charge is 0.323 e. The highest BCUT2D eigenvalue weighted by molar-refractivity contribution is 7.99. The van der Waals surface area contributed by atoms with Crippen LogP contribution in [0.15, 0.2) is 42.5 Å². The number of urea groups is 1. The quantitative estimate of drug-likeness (QED) is 0.893. The second-order valence-electron chi connectivity index (χ2n) is 5.97. The lowest BCUT2D eigenvalue weighted by Gasteiger charge is -2.25. The third-order valence-electron chi connectivity index (χ3n) is 4.47. The fourth-order valence-corrected chi connectivity index (χ4v) is 4.40. The zero-order valence-electron chi connectivity index (χ0n) is 14.0. The number of carbonyl (C=O) groups excluding carboxylic acids is 1. The number of nitrogens with one attached hydrogen (secondary N) is 1. The van der Waals surface area contributed by atoms with Crippen molar-refractivity contribution in [1.29, 1.82) is 0 Å². The zero-order chi connectivity index (χ0) is 17.2. The first-order chi connectivity index (χ1) is 12.3. The lowest BCUT2D eigenvalue weighted by Crippen LogP contribution is -2.34. The first-order valence-corrected chi connectivity index (χ1v) is 9.48. The molecule has 2 heterocycles. The van der Waals surface area contributed by atoms with E-state index in [9.17, 15) is 4.79 Å². The fourth-order valence-electron chi connectivity index (χ4n) is 3.16. The number of hydrogen-bond acceptors (Lipinski definition) is 4. The van der Waals surface area contributed by atoms with Crippen molar-refractivity contribution in [2.45, 2.75) is 18.7 Å². The molecule has 0 aromatic heterocycles. The summed E-state index contributed by atoms with van der Waals surface area (Å²) in [6.07, 6.45) is 0.886. The van der Waals surface area contributed by atoms with E-state index >= 15 is 0 Å². The summed E-state index contributed by atoms with van der Waals surface area (Å²) in [5, 5.41) is 3.06. The number of carbonyl (C=O) groups is 1. The molecule has 1 N–H and O–H groups in total. The van der Waals surface area contributed by atoms with Crippen molar-refractivity contribution in [3.05, 3.63) is 53.6 Å². The summed E-state index contributed by atoms with van der Waals surface area (Å²) < 4.78 is 10.8. The molecule has 2 aromatic rings. The second kappa shape index (κ2) is 6.88. The van der Waals surface area contributed by atoms with Crippen molar-refractivity contribution in [2.24, 2.45) is 0 Å². The molecule has 0 radical (unpaired) electrons. The SMILES string of the molecule is CCc1ccccc1NC(=O)N1CCSC1c1ccc2c(c1)OCO2. The minimum absolute atomic E-state index is 0.0108. The van der Waals surface area contributed by atoms with Crippen molar-refractivity contribution in [2.75, 3.05) is 24.4 Å². The number of para-hydroxylation sites is 1. The Hall–Kier alpha value is -2.34. The van der Waals surface area contributed by atoms with Crippen LogP contribution in [-0.4, -0.2) is 30.0 Å². The number of amides is 2. The highest BCUT2D eigenvalue weighted by Gasteiger charge is 2.32. The van der Waals surface area contributed by atoms with E-state index in [1.807, 2.05) is 47.4 Å². The third kappa shape index (κ3) is 3.14. The second-order valence-corrected chi connectivity index (χ2v) is 7.16. The van der Waals surface area contributed by atoms with Crippen LogP contribution in [0.4, 0.5) is 10.5 Å². The summed E-state index contributed by atoms with van der Waals surface area (Å²) >= 11 is 1.77. The van der Waals surface area contributed by atoms with Crippen LogP contribution in [0.1, 0.15) is 23.4 Å². The Kier molecular flexibility index (Phi) is 4.44. The molecule has 1 unspecified atom stereocenters. The van der Waals surface area contributed by atoms with E-state index in [0.29, 0.717) is 0 Å². The molecule has 130 valence electrons. The standard InChI is InChI=1S/C19H20N2O3S/c1-2-13-5-3-4-6-15(13)20-19(22)21-9-10-25-18(21)14-7-8-16-17(11-14)24-12-23-16/h3-8,11,18H,2,9-10,12H2,1H3,(H,20,22). The van der Waals surface area contributed by atoms with E-state index in [2.05, 4.69) is 12.2 Å². The number of thioether (sulfide) groups is 1. The maximum absolute atomic E-state index is 12.8. The molecule has 4 rings (SSSR count). The molecule has 2 aliphatic rings. The highest BCUT2D eigenvalue weighted by Crippen LogP contribution is 2.42. The van der Waals surface area contributed by atoms with Gasteiger partial charge in [0.25, 0.3) is 0 Å². The van der Waals surface area contributed by atoms with E-state index < -0.39 is 0 Å². The Bertz CT molecular complexity index is 796. The minimum Gasteiger partial charge on any atom is -0.454 e. The Morgan fingerprint density at radius 2 is 2.08 bits per heavy atom. The molecular weight excluding hydrogens is 336 g/mol. The van der Waals surface area contributed by atoms with Gasteiger partial charge in [-0.05, 0) is 35.7 Å².